The van der Waals surface area contributed by atoms with E-state index in [1.54, 1.807) is 30.0 Å². The molecule has 1 aliphatic carbocycles. The van der Waals surface area contributed by atoms with Crippen LogP contribution >= 0.6 is 35.0 Å². The average Bonchev–Trinajstić information content (AvgIpc) is 3.60. The van der Waals surface area contributed by atoms with Crippen LogP contribution < -0.4 is 0 Å². The SMILES string of the molecule is O=C(O)c1cccc(-n2c(SC(Cc3ccc(Cl)cc3)c3ccc(Cl)cc3)nnc2C2CC2)c1. The standard InChI is InChI=1S/C26H21Cl2N3O2S/c27-20-10-4-16(5-11-20)14-23(17-8-12-21(28)13-9-17)34-26-30-29-24(18-6-7-18)31(26)22-3-1-2-19(15-22)25(32)33/h1-5,8-13,15,18,23H,6-7,14H2,(H,32,33). The molecule has 1 aromatic heterocycles. The Morgan fingerprint density at radius 3 is 2.32 bits per heavy atom. The number of aromatic carboxylic acids is 1. The summed E-state index contributed by atoms with van der Waals surface area (Å²) >= 11 is 13.9. The maximum absolute atomic E-state index is 11.6. The van der Waals surface area contributed by atoms with E-state index in [1.165, 1.54) is 0 Å². The minimum Gasteiger partial charge on any atom is -0.478 e. The monoisotopic (exact) mass is 509 g/mol. The average molecular weight is 510 g/mol. The first-order valence-electron chi connectivity index (χ1n) is 10.9. The zero-order valence-corrected chi connectivity index (χ0v) is 20.4. The third-order valence-corrected chi connectivity index (χ3v) is 7.48. The summed E-state index contributed by atoms with van der Waals surface area (Å²) in [7, 11) is 0. The second-order valence-corrected chi connectivity index (χ2v) is 10.3. The van der Waals surface area contributed by atoms with Gasteiger partial charge in [0.1, 0.15) is 5.82 Å². The number of rotatable bonds is 8. The quantitative estimate of drug-likeness (QED) is 0.254. The number of carboxylic acids is 1. The van der Waals surface area contributed by atoms with E-state index in [-0.39, 0.29) is 10.8 Å². The molecule has 1 saturated carbocycles. The summed E-state index contributed by atoms with van der Waals surface area (Å²) in [4.78, 5) is 11.6. The van der Waals surface area contributed by atoms with Crippen LogP contribution in [0.2, 0.25) is 10.0 Å². The number of nitrogens with zero attached hydrogens (tertiary/aromatic N) is 3. The molecule has 8 heteroatoms. The van der Waals surface area contributed by atoms with Crippen LogP contribution in [0.3, 0.4) is 0 Å². The van der Waals surface area contributed by atoms with Crippen LogP contribution in [0.15, 0.2) is 78.0 Å². The van der Waals surface area contributed by atoms with Gasteiger partial charge in [-0.25, -0.2) is 4.79 Å². The second kappa shape index (κ2) is 9.82. The van der Waals surface area contributed by atoms with Crippen molar-refractivity contribution < 1.29 is 9.90 Å². The minimum atomic E-state index is -0.959. The molecular weight excluding hydrogens is 489 g/mol. The van der Waals surface area contributed by atoms with Gasteiger partial charge in [0.15, 0.2) is 5.16 Å². The Hall–Kier alpha value is -2.80. The van der Waals surface area contributed by atoms with Gasteiger partial charge in [-0.15, -0.1) is 10.2 Å². The summed E-state index contributed by atoms with van der Waals surface area (Å²) in [5.74, 6) is 0.269. The topological polar surface area (TPSA) is 68.0 Å². The second-order valence-electron chi connectivity index (χ2n) is 8.29. The Morgan fingerprint density at radius 1 is 1.00 bits per heavy atom. The highest BCUT2D eigenvalue weighted by Crippen LogP contribution is 2.44. The van der Waals surface area contributed by atoms with E-state index in [2.05, 4.69) is 10.2 Å². The Balaban J connectivity index is 1.54. The highest BCUT2D eigenvalue weighted by atomic mass is 35.5. The summed E-state index contributed by atoms with van der Waals surface area (Å²) in [5, 5.41) is 20.7. The number of halogens is 2. The van der Waals surface area contributed by atoms with Crippen molar-refractivity contribution >= 4 is 40.9 Å². The molecule has 1 fully saturated rings. The first-order valence-corrected chi connectivity index (χ1v) is 12.6. The molecule has 5 rings (SSSR count). The van der Waals surface area contributed by atoms with Gasteiger partial charge >= 0.3 is 5.97 Å². The molecule has 1 aliphatic rings. The number of hydrogen-bond acceptors (Lipinski definition) is 4. The fourth-order valence-corrected chi connectivity index (χ4v) is 5.32. The fraction of sp³-hybridized carbons (Fsp3) is 0.192. The molecule has 5 nitrogen and oxygen atoms in total. The van der Waals surface area contributed by atoms with Gasteiger partial charge in [-0.1, -0.05) is 65.3 Å². The van der Waals surface area contributed by atoms with Crippen molar-refractivity contribution in [3.05, 3.63) is 105 Å². The maximum atomic E-state index is 11.6. The molecule has 0 amide bonds. The molecule has 1 N–H and O–H groups in total. The summed E-state index contributed by atoms with van der Waals surface area (Å²) in [6.45, 7) is 0. The molecule has 3 aromatic carbocycles. The molecule has 0 radical (unpaired) electrons. The Kier molecular flexibility index (Phi) is 6.63. The lowest BCUT2D eigenvalue weighted by Crippen LogP contribution is -2.06. The Bertz CT molecular complexity index is 1320. The van der Waals surface area contributed by atoms with Crippen LogP contribution in [-0.2, 0) is 6.42 Å². The zero-order chi connectivity index (χ0) is 23.7. The lowest BCUT2D eigenvalue weighted by molar-refractivity contribution is 0.0697. The highest BCUT2D eigenvalue weighted by Gasteiger charge is 2.32. The highest BCUT2D eigenvalue weighted by molar-refractivity contribution is 7.99. The van der Waals surface area contributed by atoms with Gasteiger partial charge in [0.05, 0.1) is 11.3 Å². The van der Waals surface area contributed by atoms with E-state index >= 15 is 0 Å². The Labute approximate surface area is 211 Å². The van der Waals surface area contributed by atoms with Crippen molar-refractivity contribution in [1.82, 2.24) is 14.8 Å². The lowest BCUT2D eigenvalue weighted by atomic mass is 10.0. The van der Waals surface area contributed by atoms with E-state index in [0.717, 1.165) is 47.1 Å². The van der Waals surface area contributed by atoms with Crippen molar-refractivity contribution in [2.45, 2.75) is 35.6 Å². The van der Waals surface area contributed by atoms with E-state index in [4.69, 9.17) is 23.2 Å². The number of carboxylic acid groups (broad SMARTS) is 1. The maximum Gasteiger partial charge on any atom is 0.335 e. The van der Waals surface area contributed by atoms with Gasteiger partial charge in [0, 0.05) is 21.2 Å². The molecule has 172 valence electrons. The summed E-state index contributed by atoms with van der Waals surface area (Å²) in [6, 6.07) is 22.6. The zero-order valence-electron chi connectivity index (χ0n) is 18.1. The third kappa shape index (κ3) is 5.14. The first kappa shape index (κ1) is 23.0. The van der Waals surface area contributed by atoms with Gasteiger partial charge in [-0.3, -0.25) is 4.57 Å². The molecule has 34 heavy (non-hydrogen) atoms. The third-order valence-electron chi connectivity index (χ3n) is 5.78. The molecular formula is C26H21Cl2N3O2S. The molecule has 0 saturated heterocycles. The first-order chi connectivity index (χ1) is 16.5. The summed E-state index contributed by atoms with van der Waals surface area (Å²) in [6.07, 6.45) is 2.88. The predicted molar refractivity (Wildman–Crippen MR) is 135 cm³/mol. The van der Waals surface area contributed by atoms with E-state index in [9.17, 15) is 9.90 Å². The van der Waals surface area contributed by atoms with Crippen molar-refractivity contribution in [3.8, 4) is 5.69 Å². The molecule has 0 bridgehead atoms. The number of hydrogen-bond donors (Lipinski definition) is 1. The lowest BCUT2D eigenvalue weighted by Gasteiger charge is -2.18. The van der Waals surface area contributed by atoms with Crippen LogP contribution in [-0.4, -0.2) is 25.8 Å². The summed E-state index contributed by atoms with van der Waals surface area (Å²) in [5.41, 5.74) is 3.26. The normalized spacial score (nSPS) is 14.2. The van der Waals surface area contributed by atoms with Crippen LogP contribution in [0.1, 0.15) is 51.3 Å². The molecule has 4 aromatic rings. The van der Waals surface area contributed by atoms with Gasteiger partial charge in [-0.2, -0.15) is 0 Å². The number of benzene rings is 3. The van der Waals surface area contributed by atoms with Crippen molar-refractivity contribution in [1.29, 1.82) is 0 Å². The van der Waals surface area contributed by atoms with E-state index in [0.29, 0.717) is 16.0 Å². The largest absolute Gasteiger partial charge is 0.478 e. The molecule has 0 spiro atoms. The fourth-order valence-electron chi connectivity index (χ4n) is 3.85. The summed E-state index contributed by atoms with van der Waals surface area (Å²) < 4.78 is 2.01. The van der Waals surface area contributed by atoms with Crippen molar-refractivity contribution in [2.75, 3.05) is 0 Å². The van der Waals surface area contributed by atoms with E-state index < -0.39 is 5.97 Å². The van der Waals surface area contributed by atoms with Gasteiger partial charge in [0.25, 0.3) is 0 Å². The molecule has 0 aliphatic heterocycles. The van der Waals surface area contributed by atoms with Crippen molar-refractivity contribution in [2.24, 2.45) is 0 Å². The van der Waals surface area contributed by atoms with Crippen LogP contribution in [0.4, 0.5) is 0 Å². The Morgan fingerprint density at radius 2 is 1.68 bits per heavy atom. The van der Waals surface area contributed by atoms with Crippen LogP contribution in [0, 0.1) is 0 Å². The number of carbonyl (C=O) groups is 1. The van der Waals surface area contributed by atoms with E-state index in [1.807, 2.05) is 59.2 Å². The van der Waals surface area contributed by atoms with Gasteiger partial charge in [-0.05, 0) is 72.9 Å². The number of aromatic nitrogens is 3. The van der Waals surface area contributed by atoms with Crippen LogP contribution in [0.25, 0.3) is 5.69 Å². The molecule has 1 unspecified atom stereocenters. The molecule has 1 atom stereocenters. The van der Waals surface area contributed by atoms with Gasteiger partial charge < -0.3 is 5.11 Å². The van der Waals surface area contributed by atoms with Crippen molar-refractivity contribution in [3.63, 3.8) is 0 Å². The van der Waals surface area contributed by atoms with Crippen LogP contribution in [0.5, 0.6) is 0 Å². The van der Waals surface area contributed by atoms with Gasteiger partial charge in [0.2, 0.25) is 0 Å². The minimum absolute atomic E-state index is 0.0381. The molecule has 1 heterocycles. The smallest absolute Gasteiger partial charge is 0.335 e. The number of thioether (sulfide) groups is 1. The predicted octanol–water partition coefficient (Wildman–Crippen LogP) is 7.23.